The molecule has 0 aromatic heterocycles. The monoisotopic (exact) mass is 496 g/mol. The summed E-state index contributed by atoms with van der Waals surface area (Å²) in [4.78, 5) is 39.7. The van der Waals surface area contributed by atoms with Crippen LogP contribution in [0.4, 0.5) is 4.79 Å². The molecule has 4 aromatic carbocycles. The Morgan fingerprint density at radius 3 is 2.19 bits per heavy atom. The van der Waals surface area contributed by atoms with Crippen LogP contribution in [0.2, 0.25) is 0 Å². The molecule has 7 heteroatoms. The molecule has 1 saturated heterocycles. The van der Waals surface area contributed by atoms with E-state index >= 15 is 0 Å². The molecule has 4 aromatic rings. The highest BCUT2D eigenvalue weighted by Gasteiger charge is 2.37. The van der Waals surface area contributed by atoms with Gasteiger partial charge in [-0.15, -0.1) is 0 Å². The molecule has 7 nitrogen and oxygen atoms in total. The summed E-state index contributed by atoms with van der Waals surface area (Å²) in [5, 5.41) is 16.7. The van der Waals surface area contributed by atoms with E-state index in [1.165, 1.54) is 4.90 Å². The number of ether oxygens (including phenoxy) is 1. The molecule has 0 unspecified atom stereocenters. The normalized spacial score (nSPS) is 16.0. The summed E-state index contributed by atoms with van der Waals surface area (Å²) in [5.41, 5.74) is 1.72. The van der Waals surface area contributed by atoms with Gasteiger partial charge in [0.15, 0.2) is 0 Å². The maximum absolute atomic E-state index is 13.2. The van der Waals surface area contributed by atoms with Crippen molar-refractivity contribution in [1.29, 1.82) is 0 Å². The van der Waals surface area contributed by atoms with Gasteiger partial charge in [0, 0.05) is 13.0 Å². The Bertz CT molecular complexity index is 1400. The number of likely N-dealkylation sites (tertiary alicyclic amines) is 1. The maximum atomic E-state index is 13.2. The van der Waals surface area contributed by atoms with Crippen molar-refractivity contribution in [3.63, 3.8) is 0 Å². The number of nitrogens with one attached hydrogen (secondary N) is 1. The summed E-state index contributed by atoms with van der Waals surface area (Å²) < 4.78 is 5.43. The van der Waals surface area contributed by atoms with Gasteiger partial charge in [0.2, 0.25) is 5.91 Å². The Morgan fingerprint density at radius 2 is 1.54 bits per heavy atom. The van der Waals surface area contributed by atoms with Crippen molar-refractivity contribution in [1.82, 2.24) is 10.2 Å². The fourth-order valence-corrected chi connectivity index (χ4v) is 5.06. The van der Waals surface area contributed by atoms with Gasteiger partial charge in [-0.05, 0) is 51.6 Å². The van der Waals surface area contributed by atoms with Crippen molar-refractivity contribution in [2.24, 2.45) is 0 Å². The summed E-state index contributed by atoms with van der Waals surface area (Å²) in [6.07, 6.45) is 0.641. The molecule has 1 heterocycles. The van der Waals surface area contributed by atoms with Crippen molar-refractivity contribution in [3.05, 3.63) is 96.1 Å². The highest BCUT2D eigenvalue weighted by Crippen LogP contribution is 2.30. The molecule has 0 aliphatic carbocycles. The Morgan fingerprint density at radius 1 is 0.919 bits per heavy atom. The number of hydrogen-bond acceptors (Lipinski definition) is 4. The first kappa shape index (κ1) is 24.3. The number of fused-ring (bicyclic) bond motifs is 2. The first-order valence-corrected chi connectivity index (χ1v) is 12.4. The maximum Gasteiger partial charge on any atom is 0.410 e. The minimum atomic E-state index is -1.15. The molecule has 0 radical (unpaired) electrons. The first-order valence-electron chi connectivity index (χ1n) is 12.4. The fourth-order valence-electron chi connectivity index (χ4n) is 5.06. The predicted octanol–water partition coefficient (Wildman–Crippen LogP) is 4.91. The van der Waals surface area contributed by atoms with Crippen molar-refractivity contribution in [3.8, 4) is 0 Å². The van der Waals surface area contributed by atoms with Crippen molar-refractivity contribution < 1.29 is 24.2 Å². The van der Waals surface area contributed by atoms with Crippen LogP contribution >= 0.6 is 0 Å². The average Bonchev–Trinajstić information content (AvgIpc) is 3.42. The van der Waals surface area contributed by atoms with Gasteiger partial charge in [-0.3, -0.25) is 9.69 Å². The molecule has 0 spiro atoms. The van der Waals surface area contributed by atoms with Crippen molar-refractivity contribution >= 4 is 39.5 Å². The average molecular weight is 497 g/mol. The topological polar surface area (TPSA) is 95.9 Å². The quantitative estimate of drug-likeness (QED) is 0.355. The summed E-state index contributed by atoms with van der Waals surface area (Å²) >= 11 is 0. The van der Waals surface area contributed by atoms with Crippen molar-refractivity contribution in [2.45, 2.75) is 38.0 Å². The molecule has 2 N–H and O–H groups in total. The molecule has 188 valence electrons. The van der Waals surface area contributed by atoms with Gasteiger partial charge in [-0.1, -0.05) is 78.9 Å². The molecule has 2 amide bonds. The zero-order valence-electron chi connectivity index (χ0n) is 20.3. The van der Waals surface area contributed by atoms with Crippen LogP contribution in [0.1, 0.15) is 24.0 Å². The number of carbonyl (C=O) groups excluding carboxylic acids is 2. The molecule has 2 atom stereocenters. The third-order valence-corrected chi connectivity index (χ3v) is 6.90. The number of nitrogens with zero attached hydrogens (tertiary/aromatic N) is 1. The smallest absolute Gasteiger partial charge is 0.410 e. The Kier molecular flexibility index (Phi) is 7.03. The molecule has 1 aliphatic heterocycles. The van der Waals surface area contributed by atoms with Gasteiger partial charge < -0.3 is 15.2 Å². The number of carboxylic acids is 1. The summed E-state index contributed by atoms with van der Waals surface area (Å²) in [5.74, 6) is -1.60. The van der Waals surface area contributed by atoms with E-state index in [-0.39, 0.29) is 13.0 Å². The van der Waals surface area contributed by atoms with Gasteiger partial charge >= 0.3 is 12.1 Å². The van der Waals surface area contributed by atoms with E-state index in [0.717, 1.165) is 32.7 Å². The van der Waals surface area contributed by atoms with Crippen LogP contribution in [-0.2, 0) is 27.4 Å². The molecule has 37 heavy (non-hydrogen) atoms. The zero-order chi connectivity index (χ0) is 25.8. The van der Waals surface area contributed by atoms with Crippen LogP contribution in [0.25, 0.3) is 21.5 Å². The molecule has 1 fully saturated rings. The van der Waals surface area contributed by atoms with E-state index in [2.05, 4.69) is 11.4 Å². The van der Waals surface area contributed by atoms with E-state index in [4.69, 9.17) is 4.74 Å². The van der Waals surface area contributed by atoms with E-state index < -0.39 is 30.1 Å². The van der Waals surface area contributed by atoms with Gasteiger partial charge in [0.05, 0.1) is 0 Å². The van der Waals surface area contributed by atoms with Crippen molar-refractivity contribution in [2.75, 3.05) is 6.54 Å². The number of rotatable bonds is 7. The predicted molar refractivity (Wildman–Crippen MR) is 141 cm³/mol. The first-order chi connectivity index (χ1) is 18.0. The third kappa shape index (κ3) is 5.26. The highest BCUT2D eigenvalue weighted by atomic mass is 16.6. The van der Waals surface area contributed by atoms with Gasteiger partial charge in [-0.25, -0.2) is 9.59 Å². The number of amides is 2. The lowest BCUT2D eigenvalue weighted by Gasteiger charge is -2.25. The van der Waals surface area contributed by atoms with E-state index in [9.17, 15) is 19.5 Å². The molecule has 5 rings (SSSR count). The van der Waals surface area contributed by atoms with Crippen LogP contribution in [0, 0.1) is 0 Å². The number of hydrogen-bond donors (Lipinski definition) is 2. The minimum Gasteiger partial charge on any atom is -0.480 e. The van der Waals surface area contributed by atoms with Gasteiger partial charge in [0.1, 0.15) is 18.7 Å². The zero-order valence-corrected chi connectivity index (χ0v) is 20.3. The van der Waals surface area contributed by atoms with Crippen LogP contribution < -0.4 is 5.32 Å². The SMILES string of the molecule is O=C(N[C@H](Cc1c2ccccc2cc2ccccc12)C(=O)O)[C@H]1CCCN1C(=O)OCc1ccccc1. The lowest BCUT2D eigenvalue weighted by atomic mass is 9.92. The summed E-state index contributed by atoms with van der Waals surface area (Å²) in [6.45, 7) is 0.494. The lowest BCUT2D eigenvalue weighted by Crippen LogP contribution is -2.51. The second-order valence-electron chi connectivity index (χ2n) is 9.29. The Hall–Kier alpha value is -4.39. The largest absolute Gasteiger partial charge is 0.480 e. The number of aliphatic carboxylic acids is 1. The molecular formula is C30H28N2O5. The number of benzene rings is 4. The second-order valence-corrected chi connectivity index (χ2v) is 9.29. The second kappa shape index (κ2) is 10.7. The highest BCUT2D eigenvalue weighted by molar-refractivity contribution is 6.03. The number of carboxylic acid groups (broad SMARTS) is 1. The number of carbonyl (C=O) groups is 3. The van der Waals surface area contributed by atoms with E-state index in [1.807, 2.05) is 78.9 Å². The lowest BCUT2D eigenvalue weighted by molar-refractivity contribution is -0.142. The molecule has 1 aliphatic rings. The Labute approximate surface area is 214 Å². The fraction of sp³-hybridized carbons (Fsp3) is 0.233. The Balaban J connectivity index is 1.34. The molecule has 0 saturated carbocycles. The molecular weight excluding hydrogens is 468 g/mol. The van der Waals surface area contributed by atoms with Crippen LogP contribution in [0.3, 0.4) is 0 Å². The van der Waals surface area contributed by atoms with E-state index in [0.29, 0.717) is 19.4 Å². The minimum absolute atomic E-state index is 0.108. The summed E-state index contributed by atoms with van der Waals surface area (Å²) in [7, 11) is 0. The van der Waals surface area contributed by atoms with Crippen LogP contribution in [0.5, 0.6) is 0 Å². The summed E-state index contributed by atoms with van der Waals surface area (Å²) in [6, 6.07) is 25.2. The van der Waals surface area contributed by atoms with Gasteiger partial charge in [-0.2, -0.15) is 0 Å². The van der Waals surface area contributed by atoms with Gasteiger partial charge in [0.25, 0.3) is 0 Å². The van der Waals surface area contributed by atoms with E-state index in [1.54, 1.807) is 0 Å². The standard InChI is InChI=1S/C30H28N2O5/c33-28(27-15-8-16-32(27)30(36)37-19-20-9-2-1-3-10-20)31-26(29(34)35)18-25-23-13-6-4-11-21(23)17-22-12-5-7-14-24(22)25/h1-7,9-14,17,26-27H,8,15-16,18-19H2,(H,31,33)(H,34,35)/t26-,27-/m1/s1. The van der Waals surface area contributed by atoms with Crippen LogP contribution in [0.15, 0.2) is 84.9 Å². The third-order valence-electron chi connectivity index (χ3n) is 6.90. The van der Waals surface area contributed by atoms with Crippen LogP contribution in [-0.4, -0.2) is 46.6 Å². The molecule has 0 bridgehead atoms.